The van der Waals surface area contributed by atoms with Gasteiger partial charge in [-0.1, -0.05) is 20.3 Å². The summed E-state index contributed by atoms with van der Waals surface area (Å²) in [4.78, 5) is 0. The molecule has 0 radical (unpaired) electrons. The van der Waals surface area contributed by atoms with E-state index in [1.807, 2.05) is 7.05 Å². The van der Waals surface area contributed by atoms with E-state index < -0.39 is 9.84 Å². The molecule has 0 rings (SSSR count). The van der Waals surface area contributed by atoms with Crippen LogP contribution >= 0.6 is 0 Å². The molecule has 0 aliphatic heterocycles. The summed E-state index contributed by atoms with van der Waals surface area (Å²) in [7, 11) is -1.03. The fourth-order valence-corrected chi connectivity index (χ4v) is 2.32. The molecular formula is C9H21NO2S. The number of sulfone groups is 1. The van der Waals surface area contributed by atoms with Crippen molar-refractivity contribution in [1.29, 1.82) is 0 Å². The summed E-state index contributed by atoms with van der Waals surface area (Å²) in [5.74, 6) is 0.826. The quantitative estimate of drug-likeness (QED) is 0.708. The van der Waals surface area contributed by atoms with Gasteiger partial charge in [0.25, 0.3) is 0 Å². The maximum absolute atomic E-state index is 11.0. The van der Waals surface area contributed by atoms with E-state index in [2.05, 4.69) is 19.2 Å². The summed E-state index contributed by atoms with van der Waals surface area (Å²) in [6.07, 6.45) is 3.32. The van der Waals surface area contributed by atoms with E-state index in [-0.39, 0.29) is 11.8 Å². The Balaban J connectivity index is 4.05. The first-order valence-electron chi connectivity index (χ1n) is 4.74. The highest BCUT2D eigenvalue weighted by molar-refractivity contribution is 7.90. The normalized spacial score (nSPS) is 16.9. The second kappa shape index (κ2) is 5.60. The number of nitrogens with one attached hydrogen (secondary N) is 1. The van der Waals surface area contributed by atoms with Crippen molar-refractivity contribution in [2.24, 2.45) is 5.92 Å². The lowest BCUT2D eigenvalue weighted by Gasteiger charge is -2.18. The lowest BCUT2D eigenvalue weighted by molar-refractivity contribution is 0.431. The Labute approximate surface area is 81.8 Å². The van der Waals surface area contributed by atoms with Gasteiger partial charge in [-0.3, -0.25) is 0 Å². The summed E-state index contributed by atoms with van der Waals surface area (Å²) in [5.41, 5.74) is 0. The Kier molecular flexibility index (Phi) is 5.56. The van der Waals surface area contributed by atoms with Crippen molar-refractivity contribution in [2.75, 3.05) is 19.1 Å². The maximum Gasteiger partial charge on any atom is 0.148 e. The molecule has 0 saturated carbocycles. The lowest BCUT2D eigenvalue weighted by Crippen LogP contribution is -2.34. The molecular weight excluding hydrogens is 186 g/mol. The summed E-state index contributed by atoms with van der Waals surface area (Å²) in [5, 5.41) is 3.04. The van der Waals surface area contributed by atoms with Gasteiger partial charge in [0.1, 0.15) is 9.84 Å². The van der Waals surface area contributed by atoms with Gasteiger partial charge in [0.05, 0.1) is 5.75 Å². The molecule has 0 fully saturated rings. The van der Waals surface area contributed by atoms with Crippen molar-refractivity contribution < 1.29 is 8.42 Å². The highest BCUT2D eigenvalue weighted by Gasteiger charge is 2.15. The molecule has 4 heteroatoms. The van der Waals surface area contributed by atoms with Crippen LogP contribution in [0.15, 0.2) is 0 Å². The van der Waals surface area contributed by atoms with Gasteiger partial charge in [-0.25, -0.2) is 8.42 Å². The Bertz CT molecular complexity index is 224. The average Bonchev–Trinajstić information content (AvgIpc) is 2.00. The molecule has 0 saturated heterocycles. The van der Waals surface area contributed by atoms with Crippen LogP contribution in [0.3, 0.4) is 0 Å². The smallest absolute Gasteiger partial charge is 0.148 e. The van der Waals surface area contributed by atoms with Crippen molar-refractivity contribution in [3.8, 4) is 0 Å². The van der Waals surface area contributed by atoms with Gasteiger partial charge in [0.2, 0.25) is 0 Å². The fraction of sp³-hybridized carbons (Fsp3) is 1.00. The van der Waals surface area contributed by atoms with Crippen LogP contribution in [0.2, 0.25) is 0 Å². The Morgan fingerprint density at radius 2 is 1.92 bits per heavy atom. The minimum atomic E-state index is -2.85. The zero-order valence-electron chi connectivity index (χ0n) is 9.00. The van der Waals surface area contributed by atoms with Crippen molar-refractivity contribution in [3.63, 3.8) is 0 Å². The Morgan fingerprint density at radius 1 is 1.38 bits per heavy atom. The maximum atomic E-state index is 11.0. The van der Waals surface area contributed by atoms with E-state index in [0.29, 0.717) is 5.92 Å². The summed E-state index contributed by atoms with van der Waals surface area (Å²) in [6, 6.07) is 0.102. The molecule has 3 nitrogen and oxygen atoms in total. The highest BCUT2D eigenvalue weighted by Crippen LogP contribution is 2.10. The van der Waals surface area contributed by atoms with E-state index in [0.717, 1.165) is 12.8 Å². The molecule has 0 aliphatic rings. The minimum Gasteiger partial charge on any atom is -0.316 e. The number of rotatable bonds is 6. The standard InChI is InChI=1S/C9H21NO2S/c1-5-8(2)6-9(10-3)7-13(4,11)12/h8-10H,5-7H2,1-4H3. The summed E-state index contributed by atoms with van der Waals surface area (Å²) >= 11 is 0. The lowest BCUT2D eigenvalue weighted by atomic mass is 10.0. The minimum absolute atomic E-state index is 0.102. The van der Waals surface area contributed by atoms with E-state index in [9.17, 15) is 8.42 Å². The van der Waals surface area contributed by atoms with Crippen molar-refractivity contribution in [2.45, 2.75) is 32.7 Å². The second-order valence-electron chi connectivity index (χ2n) is 3.83. The SMILES string of the molecule is CCC(C)CC(CS(C)(=O)=O)NC. The molecule has 0 aromatic carbocycles. The second-order valence-corrected chi connectivity index (χ2v) is 6.01. The number of hydrogen-bond acceptors (Lipinski definition) is 3. The van der Waals surface area contributed by atoms with Gasteiger partial charge in [-0.15, -0.1) is 0 Å². The third kappa shape index (κ3) is 7.02. The van der Waals surface area contributed by atoms with Crippen LogP contribution in [0, 0.1) is 5.92 Å². The molecule has 80 valence electrons. The third-order valence-electron chi connectivity index (χ3n) is 2.30. The molecule has 1 N–H and O–H groups in total. The van der Waals surface area contributed by atoms with Gasteiger partial charge in [-0.2, -0.15) is 0 Å². The fourth-order valence-electron chi connectivity index (χ4n) is 1.29. The first kappa shape index (κ1) is 12.9. The topological polar surface area (TPSA) is 46.2 Å². The van der Waals surface area contributed by atoms with Crippen molar-refractivity contribution in [3.05, 3.63) is 0 Å². The molecule has 0 aliphatic carbocycles. The largest absolute Gasteiger partial charge is 0.316 e. The molecule has 0 spiro atoms. The molecule has 0 aromatic heterocycles. The van der Waals surface area contributed by atoms with Crippen LogP contribution in [0.5, 0.6) is 0 Å². The predicted octanol–water partition coefficient (Wildman–Crippen LogP) is 1.06. The van der Waals surface area contributed by atoms with Crippen molar-refractivity contribution >= 4 is 9.84 Å². The molecule has 13 heavy (non-hydrogen) atoms. The zero-order valence-corrected chi connectivity index (χ0v) is 9.82. The van der Waals surface area contributed by atoms with Gasteiger partial charge in [0.15, 0.2) is 0 Å². The first-order chi connectivity index (χ1) is 5.89. The third-order valence-corrected chi connectivity index (χ3v) is 3.30. The Hall–Kier alpha value is -0.0900. The number of hydrogen-bond donors (Lipinski definition) is 1. The van der Waals surface area contributed by atoms with Gasteiger partial charge < -0.3 is 5.32 Å². The van der Waals surface area contributed by atoms with E-state index in [1.165, 1.54) is 6.26 Å². The average molecular weight is 207 g/mol. The van der Waals surface area contributed by atoms with Crippen LogP contribution in [0.25, 0.3) is 0 Å². The first-order valence-corrected chi connectivity index (χ1v) is 6.80. The highest BCUT2D eigenvalue weighted by atomic mass is 32.2. The van der Waals surface area contributed by atoms with E-state index in [4.69, 9.17) is 0 Å². The van der Waals surface area contributed by atoms with Gasteiger partial charge in [-0.05, 0) is 19.4 Å². The van der Waals surface area contributed by atoms with E-state index in [1.54, 1.807) is 0 Å². The van der Waals surface area contributed by atoms with E-state index >= 15 is 0 Å². The molecule has 0 bridgehead atoms. The molecule has 0 heterocycles. The zero-order chi connectivity index (χ0) is 10.5. The van der Waals surface area contributed by atoms with Gasteiger partial charge >= 0.3 is 0 Å². The van der Waals surface area contributed by atoms with Crippen LogP contribution in [0.4, 0.5) is 0 Å². The monoisotopic (exact) mass is 207 g/mol. The molecule has 2 unspecified atom stereocenters. The molecule has 0 aromatic rings. The van der Waals surface area contributed by atoms with Gasteiger partial charge in [0, 0.05) is 12.3 Å². The van der Waals surface area contributed by atoms with Crippen molar-refractivity contribution in [1.82, 2.24) is 5.32 Å². The molecule has 2 atom stereocenters. The van der Waals surface area contributed by atoms with Crippen LogP contribution in [0.1, 0.15) is 26.7 Å². The summed E-state index contributed by atoms with van der Waals surface area (Å²) in [6.45, 7) is 4.27. The van der Waals surface area contributed by atoms with Crippen LogP contribution < -0.4 is 5.32 Å². The Morgan fingerprint density at radius 3 is 2.23 bits per heavy atom. The molecule has 0 amide bonds. The van der Waals surface area contributed by atoms with Crippen LogP contribution in [-0.2, 0) is 9.84 Å². The summed E-state index contributed by atoms with van der Waals surface area (Å²) < 4.78 is 22.1. The predicted molar refractivity (Wildman–Crippen MR) is 56.6 cm³/mol. The van der Waals surface area contributed by atoms with Crippen LogP contribution in [-0.4, -0.2) is 33.5 Å².